The van der Waals surface area contributed by atoms with Gasteiger partial charge in [-0.05, 0) is 36.3 Å². The maximum Gasteiger partial charge on any atom is 0.225 e. The van der Waals surface area contributed by atoms with E-state index in [2.05, 4.69) is 22.2 Å². The van der Waals surface area contributed by atoms with Gasteiger partial charge in [0.15, 0.2) is 11.5 Å². The fourth-order valence-electron chi connectivity index (χ4n) is 4.19. The summed E-state index contributed by atoms with van der Waals surface area (Å²) < 4.78 is 10.9. The number of amides is 1. The summed E-state index contributed by atoms with van der Waals surface area (Å²) in [5, 5.41) is 7.33. The lowest BCUT2D eigenvalue weighted by atomic mass is 9.90. The first-order chi connectivity index (χ1) is 17.5. The highest BCUT2D eigenvalue weighted by Crippen LogP contribution is 2.35. The summed E-state index contributed by atoms with van der Waals surface area (Å²) in [4.78, 5) is 16.1. The summed E-state index contributed by atoms with van der Waals surface area (Å²) in [7, 11) is 3.19. The van der Waals surface area contributed by atoms with E-state index in [4.69, 9.17) is 26.8 Å². The van der Waals surface area contributed by atoms with E-state index < -0.39 is 0 Å². The van der Waals surface area contributed by atoms with Gasteiger partial charge in [0.1, 0.15) is 0 Å². The second-order valence-corrected chi connectivity index (χ2v) is 8.69. The van der Waals surface area contributed by atoms with Gasteiger partial charge in [0.25, 0.3) is 0 Å². The zero-order chi connectivity index (χ0) is 26.1. The van der Waals surface area contributed by atoms with Crippen molar-refractivity contribution in [1.29, 1.82) is 0 Å². The van der Waals surface area contributed by atoms with Crippen LogP contribution >= 0.6 is 11.6 Å². The van der Waals surface area contributed by atoms with Gasteiger partial charge in [0, 0.05) is 53.8 Å². The van der Waals surface area contributed by atoms with Gasteiger partial charge in [0.2, 0.25) is 5.91 Å². The van der Waals surface area contributed by atoms with E-state index >= 15 is 0 Å². The molecule has 0 radical (unpaired) electrons. The molecule has 0 aliphatic rings. The number of ether oxygens (including phenoxy) is 2. The van der Waals surface area contributed by atoms with Crippen LogP contribution in [0.5, 0.6) is 11.5 Å². The van der Waals surface area contributed by atoms with Crippen molar-refractivity contribution in [3.8, 4) is 11.5 Å². The Morgan fingerprint density at radius 3 is 2.56 bits per heavy atom. The second-order valence-electron chi connectivity index (χ2n) is 8.38. The zero-order valence-electron chi connectivity index (χ0n) is 21.1. The number of carbonyl (C=O) groups excluding carboxylic acids is 1. The Morgan fingerprint density at radius 2 is 1.92 bits per heavy atom. The largest absolute Gasteiger partial charge is 0.493 e. The van der Waals surface area contributed by atoms with E-state index in [1.165, 1.54) is 0 Å². The molecule has 3 rings (SSSR count). The molecule has 0 aliphatic carbocycles. The Bertz CT molecular complexity index is 1230. The Balaban J connectivity index is 1.70. The maximum absolute atomic E-state index is 12.8. The number of fused-ring (bicyclic) bond motifs is 1. The summed E-state index contributed by atoms with van der Waals surface area (Å²) in [5.74, 6) is 1.34. The minimum absolute atomic E-state index is 0.109. The number of alkyl halides is 1. The van der Waals surface area contributed by atoms with E-state index in [1.807, 2.05) is 55.5 Å². The van der Waals surface area contributed by atoms with Crippen LogP contribution in [0.4, 0.5) is 0 Å². The van der Waals surface area contributed by atoms with Crippen LogP contribution in [0.15, 0.2) is 55.1 Å². The van der Waals surface area contributed by atoms with Crippen LogP contribution in [0.25, 0.3) is 22.2 Å². The first kappa shape index (κ1) is 27.2. The number of hydrogen-bond acceptors (Lipinski definition) is 5. The van der Waals surface area contributed by atoms with Crippen LogP contribution in [0.3, 0.4) is 0 Å². The lowest BCUT2D eigenvalue weighted by Crippen LogP contribution is -2.32. The van der Waals surface area contributed by atoms with Crippen molar-refractivity contribution in [2.45, 2.75) is 13.3 Å². The summed E-state index contributed by atoms with van der Waals surface area (Å²) in [6, 6.07) is 13.8. The predicted octanol–water partition coefficient (Wildman–Crippen LogP) is 4.32. The first-order valence-electron chi connectivity index (χ1n) is 11.9. The molecule has 5 N–H and O–H groups in total. The molecular weight excluding hydrogens is 476 g/mol. The number of carbonyl (C=O) groups is 1. The van der Waals surface area contributed by atoms with E-state index in [1.54, 1.807) is 14.2 Å². The van der Waals surface area contributed by atoms with Crippen LogP contribution in [-0.4, -0.2) is 50.6 Å². The smallest absolute Gasteiger partial charge is 0.225 e. The number of rotatable bonds is 13. The molecule has 3 aromatic rings. The Morgan fingerprint density at radius 1 is 1.17 bits per heavy atom. The topological polar surface area (TPSA) is 101 Å². The van der Waals surface area contributed by atoms with Crippen LogP contribution < -0.4 is 25.8 Å². The molecule has 2 aromatic carbocycles. The number of nitrogens with two attached hydrogens (primary N) is 1. The molecule has 0 saturated heterocycles. The van der Waals surface area contributed by atoms with Crippen molar-refractivity contribution in [1.82, 2.24) is 15.6 Å². The van der Waals surface area contributed by atoms with Gasteiger partial charge < -0.3 is 30.8 Å². The van der Waals surface area contributed by atoms with Gasteiger partial charge >= 0.3 is 0 Å². The van der Waals surface area contributed by atoms with E-state index in [0.717, 1.165) is 39.0 Å². The zero-order valence-corrected chi connectivity index (χ0v) is 21.9. The van der Waals surface area contributed by atoms with Crippen LogP contribution in [0, 0.1) is 5.92 Å². The molecule has 7 nitrogen and oxygen atoms in total. The first-order valence-corrected chi connectivity index (χ1v) is 12.4. The summed E-state index contributed by atoms with van der Waals surface area (Å²) in [5.41, 5.74) is 11.1. The number of nitrogens with one attached hydrogen (secondary N) is 3. The van der Waals surface area contributed by atoms with Crippen molar-refractivity contribution in [3.63, 3.8) is 0 Å². The average Bonchev–Trinajstić information content (AvgIpc) is 3.31. The van der Waals surface area contributed by atoms with Crippen LogP contribution in [-0.2, 0) is 11.2 Å². The normalized spacial score (nSPS) is 12.3. The standard InChI is InChI=1S/C28H35ClN4O3/c1-5-24(31-13-12-30)23-9-7-6-8-22(23)18(2)20(16-29)17-32-26(34)15-21-14-19-10-11-25(35-3)28(36-4)27(19)33-21/h5-11,14,20,31,33H,2,12-13,15-17,30H2,1,3-4H3,(H,32,34)/b24-5+. The monoisotopic (exact) mass is 510 g/mol. The lowest BCUT2D eigenvalue weighted by molar-refractivity contribution is -0.120. The molecule has 1 amide bonds. The molecule has 36 heavy (non-hydrogen) atoms. The highest BCUT2D eigenvalue weighted by atomic mass is 35.5. The van der Waals surface area contributed by atoms with Crippen molar-refractivity contribution in [3.05, 3.63) is 71.9 Å². The number of halogens is 1. The predicted molar refractivity (Wildman–Crippen MR) is 149 cm³/mol. The Hall–Kier alpha value is -3.42. The Kier molecular flexibility index (Phi) is 9.85. The number of H-pyrrole nitrogens is 1. The van der Waals surface area contributed by atoms with Crippen molar-refractivity contribution in [2.24, 2.45) is 11.7 Å². The second kappa shape index (κ2) is 13.0. The minimum atomic E-state index is -0.128. The molecule has 1 heterocycles. The van der Waals surface area contributed by atoms with Gasteiger partial charge in [-0.25, -0.2) is 0 Å². The van der Waals surface area contributed by atoms with Crippen LogP contribution in [0.1, 0.15) is 23.7 Å². The van der Waals surface area contributed by atoms with Crippen molar-refractivity contribution < 1.29 is 14.3 Å². The number of aromatic nitrogens is 1. The molecule has 8 heteroatoms. The molecule has 0 aliphatic heterocycles. The average molecular weight is 511 g/mol. The molecular formula is C28H35ClN4O3. The number of aromatic amines is 1. The molecule has 1 atom stereocenters. The Labute approximate surface area is 217 Å². The molecule has 1 aromatic heterocycles. The number of hydrogen-bond donors (Lipinski definition) is 4. The van der Waals surface area contributed by atoms with E-state index in [-0.39, 0.29) is 18.2 Å². The molecule has 0 saturated carbocycles. The molecule has 0 spiro atoms. The fourth-order valence-corrected chi connectivity index (χ4v) is 4.49. The van der Waals surface area contributed by atoms with Gasteiger partial charge in [-0.3, -0.25) is 4.79 Å². The molecule has 0 fully saturated rings. The van der Waals surface area contributed by atoms with Crippen molar-refractivity contribution >= 4 is 39.7 Å². The van der Waals surface area contributed by atoms with Gasteiger partial charge in [0.05, 0.1) is 26.2 Å². The van der Waals surface area contributed by atoms with E-state index in [9.17, 15) is 4.79 Å². The number of allylic oxidation sites excluding steroid dienone is 1. The SMILES string of the molecule is C=C(c1ccccc1/C(=C\C)NCCN)C(CCl)CNC(=O)Cc1cc2ccc(OC)c(OC)c2[nH]1. The molecule has 192 valence electrons. The third-order valence-corrected chi connectivity index (χ3v) is 6.45. The van der Waals surface area contributed by atoms with Gasteiger partial charge in [-0.15, -0.1) is 11.6 Å². The highest BCUT2D eigenvalue weighted by Gasteiger charge is 2.19. The quantitative estimate of drug-likeness (QED) is 0.256. The fraction of sp³-hybridized carbons (Fsp3) is 0.321. The van der Waals surface area contributed by atoms with Gasteiger partial charge in [-0.1, -0.05) is 36.9 Å². The third kappa shape index (κ3) is 6.22. The van der Waals surface area contributed by atoms with E-state index in [0.29, 0.717) is 37.0 Å². The van der Waals surface area contributed by atoms with Crippen molar-refractivity contribution in [2.75, 3.05) is 39.7 Å². The summed E-state index contributed by atoms with van der Waals surface area (Å²) >= 11 is 6.33. The van der Waals surface area contributed by atoms with Gasteiger partial charge in [-0.2, -0.15) is 0 Å². The molecule has 0 bridgehead atoms. The minimum Gasteiger partial charge on any atom is -0.493 e. The maximum atomic E-state index is 12.8. The third-order valence-electron chi connectivity index (χ3n) is 6.08. The lowest BCUT2D eigenvalue weighted by Gasteiger charge is -2.22. The number of benzene rings is 2. The summed E-state index contributed by atoms with van der Waals surface area (Å²) in [6.07, 6.45) is 2.22. The molecule has 1 unspecified atom stereocenters. The summed E-state index contributed by atoms with van der Waals surface area (Å²) in [6.45, 7) is 7.90. The highest BCUT2D eigenvalue weighted by molar-refractivity contribution is 6.18. The number of methoxy groups -OCH3 is 2. The van der Waals surface area contributed by atoms with Crippen LogP contribution in [0.2, 0.25) is 0 Å².